The fraction of sp³-hybridized carbons (Fsp3) is 0.500. The minimum atomic E-state index is -0.416. The Morgan fingerprint density at radius 2 is 1.92 bits per heavy atom. The summed E-state index contributed by atoms with van der Waals surface area (Å²) in [6.07, 6.45) is 1.59. The Morgan fingerprint density at radius 3 is 2.42 bits per heavy atom. The summed E-state index contributed by atoms with van der Waals surface area (Å²) in [5, 5.41) is 0. The van der Waals surface area contributed by atoms with E-state index in [-0.39, 0.29) is 19.4 Å². The zero-order valence-electron chi connectivity index (χ0n) is 7.04. The lowest BCUT2D eigenvalue weighted by molar-refractivity contribution is -0.148. The minimum Gasteiger partial charge on any atom is -0.469 e. The maximum absolute atomic E-state index is 10.7. The lowest BCUT2D eigenvalue weighted by Gasteiger charge is -2.00. The van der Waals surface area contributed by atoms with Crippen molar-refractivity contribution in [2.75, 3.05) is 13.7 Å². The number of esters is 2. The van der Waals surface area contributed by atoms with Crippen LogP contribution in [-0.4, -0.2) is 25.7 Å². The van der Waals surface area contributed by atoms with E-state index in [1.807, 2.05) is 0 Å². The van der Waals surface area contributed by atoms with Gasteiger partial charge in [-0.3, -0.25) is 9.59 Å². The smallest absolute Gasteiger partial charge is 0.306 e. The number of methoxy groups -OCH3 is 1. The highest BCUT2D eigenvalue weighted by molar-refractivity contribution is 5.77. The van der Waals surface area contributed by atoms with Crippen LogP contribution in [0.25, 0.3) is 0 Å². The molecule has 0 heterocycles. The maximum atomic E-state index is 10.7. The minimum absolute atomic E-state index is 0.0561. The van der Waals surface area contributed by atoms with E-state index in [0.29, 0.717) is 0 Å². The van der Waals surface area contributed by atoms with Crippen LogP contribution < -0.4 is 0 Å². The van der Waals surface area contributed by atoms with Crippen LogP contribution in [0.3, 0.4) is 0 Å². The van der Waals surface area contributed by atoms with Crippen LogP contribution in [-0.2, 0) is 19.1 Å². The van der Waals surface area contributed by atoms with Gasteiger partial charge in [0.05, 0.1) is 20.0 Å². The first-order valence-electron chi connectivity index (χ1n) is 3.54. The molecule has 4 nitrogen and oxygen atoms in total. The van der Waals surface area contributed by atoms with E-state index in [9.17, 15) is 9.59 Å². The maximum Gasteiger partial charge on any atom is 0.306 e. The first-order chi connectivity index (χ1) is 5.70. The summed E-state index contributed by atoms with van der Waals surface area (Å²) in [6.45, 7) is 3.56. The molecule has 0 spiro atoms. The van der Waals surface area contributed by atoms with Gasteiger partial charge in [0.1, 0.15) is 6.61 Å². The van der Waals surface area contributed by atoms with Gasteiger partial charge in [0.2, 0.25) is 0 Å². The van der Waals surface area contributed by atoms with E-state index in [1.165, 1.54) is 13.2 Å². The number of rotatable bonds is 5. The number of ether oxygens (including phenoxy) is 2. The van der Waals surface area contributed by atoms with E-state index in [0.717, 1.165) is 0 Å². The largest absolute Gasteiger partial charge is 0.469 e. The monoisotopic (exact) mass is 172 g/mol. The van der Waals surface area contributed by atoms with Crippen molar-refractivity contribution in [1.82, 2.24) is 0 Å². The Balaban J connectivity index is 3.43. The Kier molecular flexibility index (Phi) is 5.69. The average Bonchev–Trinajstić information content (AvgIpc) is 2.10. The van der Waals surface area contributed by atoms with E-state index in [2.05, 4.69) is 16.1 Å². The van der Waals surface area contributed by atoms with Crippen LogP contribution in [0.2, 0.25) is 0 Å². The van der Waals surface area contributed by atoms with Crippen molar-refractivity contribution < 1.29 is 19.1 Å². The lowest BCUT2D eigenvalue weighted by Crippen LogP contribution is -2.08. The van der Waals surface area contributed by atoms with Crippen LogP contribution in [0.1, 0.15) is 12.8 Å². The van der Waals surface area contributed by atoms with Crippen LogP contribution in [0.5, 0.6) is 0 Å². The summed E-state index contributed by atoms with van der Waals surface area (Å²) in [5.74, 6) is -0.828. The number of carbonyl (C=O) groups excluding carboxylic acids is 2. The quantitative estimate of drug-likeness (QED) is 0.451. The molecule has 0 aliphatic carbocycles. The molecule has 0 saturated heterocycles. The number of hydrogen-bond donors (Lipinski definition) is 0. The predicted molar refractivity (Wildman–Crippen MR) is 42.4 cm³/mol. The molecule has 0 rings (SSSR count). The third-order valence-electron chi connectivity index (χ3n) is 1.12. The van der Waals surface area contributed by atoms with Crippen LogP contribution in [0.4, 0.5) is 0 Å². The Morgan fingerprint density at radius 1 is 1.33 bits per heavy atom. The van der Waals surface area contributed by atoms with Crippen molar-refractivity contribution in [3.63, 3.8) is 0 Å². The van der Waals surface area contributed by atoms with Crippen molar-refractivity contribution in [3.05, 3.63) is 12.7 Å². The van der Waals surface area contributed by atoms with Gasteiger partial charge in [-0.1, -0.05) is 12.7 Å². The van der Waals surface area contributed by atoms with Gasteiger partial charge in [0.15, 0.2) is 0 Å². The summed E-state index contributed by atoms with van der Waals surface area (Å²) < 4.78 is 8.96. The fourth-order valence-corrected chi connectivity index (χ4v) is 0.530. The molecular formula is C8H12O4. The van der Waals surface area contributed by atoms with E-state index in [1.54, 1.807) is 0 Å². The number of carbonyl (C=O) groups is 2. The van der Waals surface area contributed by atoms with Crippen molar-refractivity contribution in [1.29, 1.82) is 0 Å². The SMILES string of the molecule is C=CCOC(=O)CCC(=O)OC. The molecule has 0 aromatic carbocycles. The standard InChI is InChI=1S/C8H12O4/c1-3-6-12-8(10)5-4-7(9)11-2/h3H,1,4-6H2,2H3. The fourth-order valence-electron chi connectivity index (χ4n) is 0.530. The van der Waals surface area contributed by atoms with Gasteiger partial charge in [-0.25, -0.2) is 0 Å². The molecule has 0 aromatic heterocycles. The zero-order chi connectivity index (χ0) is 9.40. The van der Waals surface area contributed by atoms with Crippen molar-refractivity contribution >= 4 is 11.9 Å². The van der Waals surface area contributed by atoms with Crippen LogP contribution in [0.15, 0.2) is 12.7 Å². The molecule has 4 heteroatoms. The Bertz CT molecular complexity index is 174. The van der Waals surface area contributed by atoms with Crippen LogP contribution >= 0.6 is 0 Å². The third kappa shape index (κ3) is 5.46. The molecule has 0 N–H and O–H groups in total. The molecule has 0 aliphatic rings. The van der Waals surface area contributed by atoms with E-state index < -0.39 is 11.9 Å². The van der Waals surface area contributed by atoms with E-state index >= 15 is 0 Å². The Hall–Kier alpha value is -1.32. The highest BCUT2D eigenvalue weighted by atomic mass is 16.5. The van der Waals surface area contributed by atoms with Gasteiger partial charge in [0, 0.05) is 0 Å². The highest BCUT2D eigenvalue weighted by Gasteiger charge is 2.06. The molecule has 0 amide bonds. The van der Waals surface area contributed by atoms with Gasteiger partial charge in [-0.2, -0.15) is 0 Å². The first-order valence-corrected chi connectivity index (χ1v) is 3.54. The molecule has 0 atom stereocenters. The van der Waals surface area contributed by atoms with Gasteiger partial charge >= 0.3 is 11.9 Å². The zero-order valence-corrected chi connectivity index (χ0v) is 7.04. The lowest BCUT2D eigenvalue weighted by atomic mass is 10.3. The molecule has 0 bridgehead atoms. The molecule has 0 unspecified atom stereocenters. The summed E-state index contributed by atoms with van der Waals surface area (Å²) in [7, 11) is 1.28. The second-order valence-electron chi connectivity index (χ2n) is 2.05. The molecule has 0 aromatic rings. The molecule has 0 radical (unpaired) electrons. The summed E-state index contributed by atoms with van der Waals surface area (Å²) in [5.41, 5.74) is 0. The van der Waals surface area contributed by atoms with Gasteiger partial charge in [-0.05, 0) is 0 Å². The third-order valence-corrected chi connectivity index (χ3v) is 1.12. The average molecular weight is 172 g/mol. The van der Waals surface area contributed by atoms with Gasteiger partial charge in [-0.15, -0.1) is 0 Å². The summed E-state index contributed by atoms with van der Waals surface area (Å²) in [6, 6.07) is 0. The molecule has 0 aliphatic heterocycles. The number of hydrogen-bond acceptors (Lipinski definition) is 4. The molecule has 0 saturated carbocycles. The van der Waals surface area contributed by atoms with Crippen molar-refractivity contribution in [2.45, 2.75) is 12.8 Å². The topological polar surface area (TPSA) is 52.6 Å². The second kappa shape index (κ2) is 6.39. The highest BCUT2D eigenvalue weighted by Crippen LogP contribution is 1.94. The first kappa shape index (κ1) is 10.7. The molecule has 0 fully saturated rings. The summed E-state index contributed by atoms with van der Waals surface area (Å²) >= 11 is 0. The Labute approximate surface area is 71.2 Å². The van der Waals surface area contributed by atoms with Crippen molar-refractivity contribution in [2.24, 2.45) is 0 Å². The normalized spacial score (nSPS) is 8.75. The second-order valence-corrected chi connectivity index (χ2v) is 2.05. The van der Waals surface area contributed by atoms with E-state index in [4.69, 9.17) is 0 Å². The molecule has 68 valence electrons. The molecular weight excluding hydrogens is 160 g/mol. The van der Waals surface area contributed by atoms with Gasteiger partial charge < -0.3 is 9.47 Å². The predicted octanol–water partition coefficient (Wildman–Crippen LogP) is 0.669. The van der Waals surface area contributed by atoms with Gasteiger partial charge in [0.25, 0.3) is 0 Å². The van der Waals surface area contributed by atoms with Crippen molar-refractivity contribution in [3.8, 4) is 0 Å². The van der Waals surface area contributed by atoms with Crippen LogP contribution in [0, 0.1) is 0 Å². The summed E-state index contributed by atoms with van der Waals surface area (Å²) in [4.78, 5) is 21.3. The molecule has 12 heavy (non-hydrogen) atoms.